The molecule has 0 saturated carbocycles. The Labute approximate surface area is 197 Å². The van der Waals surface area contributed by atoms with Gasteiger partial charge in [0, 0.05) is 13.1 Å². The van der Waals surface area contributed by atoms with E-state index in [1.54, 1.807) is 47.9 Å². The van der Waals surface area contributed by atoms with Crippen molar-refractivity contribution in [2.45, 2.75) is 44.9 Å². The van der Waals surface area contributed by atoms with Crippen molar-refractivity contribution in [1.29, 1.82) is 0 Å². The van der Waals surface area contributed by atoms with Gasteiger partial charge in [-0.15, -0.1) is 11.8 Å². The molecule has 33 heavy (non-hydrogen) atoms. The van der Waals surface area contributed by atoms with Crippen LogP contribution in [0.1, 0.15) is 48.0 Å². The third kappa shape index (κ3) is 6.82. The van der Waals surface area contributed by atoms with Crippen molar-refractivity contribution in [2.24, 2.45) is 12.2 Å². The van der Waals surface area contributed by atoms with Gasteiger partial charge in [0.2, 0.25) is 11.8 Å². The fourth-order valence-electron chi connectivity index (χ4n) is 2.86. The fourth-order valence-corrected chi connectivity index (χ4v) is 3.26. The molecule has 0 spiro atoms. The van der Waals surface area contributed by atoms with E-state index in [9.17, 15) is 4.79 Å². The summed E-state index contributed by atoms with van der Waals surface area (Å²) in [4.78, 5) is 22.0. The van der Waals surface area contributed by atoms with Crippen LogP contribution in [0.15, 0.2) is 52.6 Å². The summed E-state index contributed by atoms with van der Waals surface area (Å²) in [5.74, 6) is 0.642. The summed E-state index contributed by atoms with van der Waals surface area (Å²) in [5.41, 5.74) is 2.28. The first-order valence-corrected chi connectivity index (χ1v) is 11.6. The maximum atomic E-state index is 12.1. The zero-order valence-electron chi connectivity index (χ0n) is 19.7. The second-order valence-electron chi connectivity index (χ2n) is 8.25. The van der Waals surface area contributed by atoms with Crippen LogP contribution in [0, 0.1) is 6.92 Å². The van der Waals surface area contributed by atoms with E-state index in [-0.39, 0.29) is 12.6 Å². The van der Waals surface area contributed by atoms with Gasteiger partial charge in [0.1, 0.15) is 12.2 Å². The second kappa shape index (κ2) is 10.5. The number of pyridine rings is 1. The molecule has 0 amide bonds. The number of carbonyl (C=O) groups is 1. The van der Waals surface area contributed by atoms with Gasteiger partial charge in [-0.3, -0.25) is 0 Å². The van der Waals surface area contributed by atoms with E-state index in [1.165, 1.54) is 0 Å². The predicted octanol–water partition coefficient (Wildman–Crippen LogP) is 5.14. The summed E-state index contributed by atoms with van der Waals surface area (Å²) in [6, 6.07) is 12.6. The summed E-state index contributed by atoms with van der Waals surface area (Å²) in [6.07, 6.45) is 3.53. The highest BCUT2D eigenvalue weighted by Gasteiger charge is 2.18. The first kappa shape index (κ1) is 24.3. The quantitative estimate of drug-likeness (QED) is 0.196. The maximum Gasteiger partial charge on any atom is 0.338 e. The Morgan fingerprint density at radius 3 is 2.58 bits per heavy atom. The van der Waals surface area contributed by atoms with Gasteiger partial charge in [0.05, 0.1) is 28.1 Å². The third-order valence-electron chi connectivity index (χ3n) is 4.40. The number of aromatic nitrogens is 3. The molecule has 8 nitrogen and oxygen atoms in total. The van der Waals surface area contributed by atoms with E-state index in [0.29, 0.717) is 22.9 Å². The smallest absolute Gasteiger partial charge is 0.338 e. The molecule has 1 aromatic carbocycles. The summed E-state index contributed by atoms with van der Waals surface area (Å²) in [5, 5.41) is 9.35. The maximum absolute atomic E-state index is 12.1. The number of carbonyl (C=O) groups excluding carboxylic acids is 1. The van der Waals surface area contributed by atoms with Gasteiger partial charge in [0.25, 0.3) is 0 Å². The normalized spacial score (nSPS) is 11.6. The van der Waals surface area contributed by atoms with Gasteiger partial charge in [-0.2, -0.15) is 5.10 Å². The first-order chi connectivity index (χ1) is 15.7. The number of thioether (sulfide) groups is 1. The second-order valence-corrected chi connectivity index (χ2v) is 9.08. The van der Waals surface area contributed by atoms with Crippen molar-refractivity contribution in [2.75, 3.05) is 6.26 Å². The Bertz CT molecular complexity index is 1130. The molecule has 174 valence electrons. The minimum Gasteiger partial charge on any atom is -0.456 e. The van der Waals surface area contributed by atoms with Gasteiger partial charge < -0.3 is 14.3 Å². The minimum atomic E-state index is -0.533. The molecule has 0 N–H and O–H groups in total. The summed E-state index contributed by atoms with van der Waals surface area (Å²) in [7, 11) is 1.80. The Morgan fingerprint density at radius 2 is 1.91 bits per heavy atom. The van der Waals surface area contributed by atoms with Crippen LogP contribution in [0.5, 0.6) is 11.8 Å². The number of ether oxygens (including phenoxy) is 2. The zero-order valence-corrected chi connectivity index (χ0v) is 20.5. The summed E-state index contributed by atoms with van der Waals surface area (Å²) in [6.45, 7) is 7.63. The van der Waals surface area contributed by atoms with E-state index in [1.807, 2.05) is 58.2 Å². The molecule has 0 aliphatic heterocycles. The van der Waals surface area contributed by atoms with Gasteiger partial charge >= 0.3 is 5.97 Å². The SMILES string of the molecule is CSc1cccc(Oc2c(C=NOCc3ccc(C(=O)OC(C)(C)C)cc3)c(C)nn2C)n1. The minimum absolute atomic E-state index is 0.248. The third-order valence-corrected chi connectivity index (χ3v) is 5.04. The molecule has 0 bridgehead atoms. The molecular weight excluding hydrogens is 440 g/mol. The molecule has 0 saturated heterocycles. The molecule has 0 atom stereocenters. The van der Waals surface area contributed by atoms with Crippen LogP contribution >= 0.6 is 11.8 Å². The Morgan fingerprint density at radius 1 is 1.18 bits per heavy atom. The van der Waals surface area contributed by atoms with Crippen LogP contribution in [-0.4, -0.2) is 38.8 Å². The Hall–Kier alpha value is -3.33. The molecule has 2 aromatic heterocycles. The lowest BCUT2D eigenvalue weighted by Crippen LogP contribution is -2.23. The van der Waals surface area contributed by atoms with E-state index < -0.39 is 5.60 Å². The number of rotatable bonds is 8. The molecule has 0 radical (unpaired) electrons. The van der Waals surface area contributed by atoms with Crippen LogP contribution < -0.4 is 4.74 Å². The van der Waals surface area contributed by atoms with Crippen LogP contribution in [0.4, 0.5) is 0 Å². The van der Waals surface area contributed by atoms with Crippen molar-refractivity contribution in [3.8, 4) is 11.8 Å². The number of hydrogen-bond acceptors (Lipinski definition) is 8. The number of oxime groups is 1. The fraction of sp³-hybridized carbons (Fsp3) is 0.333. The number of aryl methyl sites for hydroxylation is 2. The lowest BCUT2D eigenvalue weighted by atomic mass is 10.1. The monoisotopic (exact) mass is 468 g/mol. The Balaban J connectivity index is 1.63. The van der Waals surface area contributed by atoms with Gasteiger partial charge in [0.15, 0.2) is 0 Å². The van der Waals surface area contributed by atoms with Crippen molar-refractivity contribution in [3.63, 3.8) is 0 Å². The number of esters is 1. The van der Waals surface area contributed by atoms with Crippen molar-refractivity contribution >= 4 is 23.9 Å². The van der Waals surface area contributed by atoms with E-state index in [2.05, 4.69) is 15.2 Å². The molecule has 9 heteroatoms. The highest BCUT2D eigenvalue weighted by molar-refractivity contribution is 7.98. The molecule has 0 aliphatic carbocycles. The van der Waals surface area contributed by atoms with E-state index in [4.69, 9.17) is 14.3 Å². The highest BCUT2D eigenvalue weighted by Crippen LogP contribution is 2.26. The van der Waals surface area contributed by atoms with Crippen molar-refractivity contribution < 1.29 is 19.1 Å². The first-order valence-electron chi connectivity index (χ1n) is 10.4. The van der Waals surface area contributed by atoms with Crippen molar-refractivity contribution in [1.82, 2.24) is 14.8 Å². The lowest BCUT2D eigenvalue weighted by molar-refractivity contribution is 0.00694. The van der Waals surface area contributed by atoms with Gasteiger partial charge in [-0.25, -0.2) is 14.5 Å². The molecule has 0 unspecified atom stereocenters. The average molecular weight is 469 g/mol. The summed E-state index contributed by atoms with van der Waals surface area (Å²) < 4.78 is 13.0. The van der Waals surface area contributed by atoms with Gasteiger partial charge in [-0.1, -0.05) is 23.4 Å². The zero-order chi connectivity index (χ0) is 24.0. The van der Waals surface area contributed by atoms with Crippen LogP contribution in [0.2, 0.25) is 0 Å². The van der Waals surface area contributed by atoms with Crippen molar-refractivity contribution in [3.05, 3.63) is 64.8 Å². The largest absolute Gasteiger partial charge is 0.456 e. The molecule has 0 aliphatic rings. The van der Waals surface area contributed by atoms with Crippen LogP contribution in [0.3, 0.4) is 0 Å². The number of nitrogens with zero attached hydrogens (tertiary/aromatic N) is 4. The average Bonchev–Trinajstić information content (AvgIpc) is 3.03. The lowest BCUT2D eigenvalue weighted by Gasteiger charge is -2.19. The summed E-state index contributed by atoms with van der Waals surface area (Å²) >= 11 is 1.54. The predicted molar refractivity (Wildman–Crippen MR) is 128 cm³/mol. The topological polar surface area (TPSA) is 87.8 Å². The number of hydrogen-bond donors (Lipinski definition) is 0. The van der Waals surface area contributed by atoms with E-state index >= 15 is 0 Å². The van der Waals surface area contributed by atoms with Crippen LogP contribution in [-0.2, 0) is 23.2 Å². The molecular formula is C24H28N4O4S. The standard InChI is InChI=1S/C24H28N4O4S/c1-16-19(22(28(5)27-16)31-20-8-7-9-21(26-20)33-6)14-25-30-15-17-10-12-18(13-11-17)23(29)32-24(2,3)4/h7-14H,15H2,1-6H3. The molecule has 3 rings (SSSR count). The Kier molecular flexibility index (Phi) is 7.75. The molecule has 3 aromatic rings. The number of benzene rings is 1. The highest BCUT2D eigenvalue weighted by atomic mass is 32.2. The molecule has 0 fully saturated rings. The van der Waals surface area contributed by atoms with E-state index in [0.717, 1.165) is 16.3 Å². The molecule has 2 heterocycles. The van der Waals surface area contributed by atoms with Gasteiger partial charge in [-0.05, 0) is 57.7 Å². The van der Waals surface area contributed by atoms with Crippen LogP contribution in [0.25, 0.3) is 0 Å².